The quantitative estimate of drug-likeness (QED) is 0.564. The van der Waals surface area contributed by atoms with E-state index in [1.54, 1.807) is 6.21 Å². The SMILES string of the molecule is Fc1cc(C=Nc2ccc(I)cc2)ccc1N1CCOCC1. The average molecular weight is 410 g/mol. The summed E-state index contributed by atoms with van der Waals surface area (Å²) >= 11 is 2.25. The van der Waals surface area contributed by atoms with Crippen LogP contribution in [0.4, 0.5) is 15.8 Å². The van der Waals surface area contributed by atoms with Gasteiger partial charge in [0.2, 0.25) is 0 Å². The highest BCUT2D eigenvalue weighted by molar-refractivity contribution is 14.1. The van der Waals surface area contributed by atoms with Crippen LogP contribution in [0.1, 0.15) is 5.56 Å². The fourth-order valence-electron chi connectivity index (χ4n) is 2.34. The van der Waals surface area contributed by atoms with E-state index >= 15 is 0 Å². The molecule has 3 nitrogen and oxygen atoms in total. The summed E-state index contributed by atoms with van der Waals surface area (Å²) < 4.78 is 20.7. The summed E-state index contributed by atoms with van der Waals surface area (Å²) in [4.78, 5) is 6.39. The Labute approximate surface area is 143 Å². The molecule has 0 bridgehead atoms. The van der Waals surface area contributed by atoms with Crippen molar-refractivity contribution in [3.63, 3.8) is 0 Å². The van der Waals surface area contributed by atoms with E-state index in [0.717, 1.165) is 27.9 Å². The minimum atomic E-state index is -0.214. The van der Waals surface area contributed by atoms with E-state index in [-0.39, 0.29) is 5.82 Å². The highest BCUT2D eigenvalue weighted by Gasteiger charge is 2.14. The van der Waals surface area contributed by atoms with Crippen LogP contribution in [0.3, 0.4) is 0 Å². The van der Waals surface area contributed by atoms with Crippen LogP contribution >= 0.6 is 22.6 Å². The molecule has 0 unspecified atom stereocenters. The summed E-state index contributed by atoms with van der Waals surface area (Å²) in [6.07, 6.45) is 1.69. The first-order valence-corrected chi connectivity index (χ1v) is 8.22. The number of nitrogens with zero attached hydrogens (tertiary/aromatic N) is 2. The molecule has 22 heavy (non-hydrogen) atoms. The third-order valence-electron chi connectivity index (χ3n) is 3.51. The summed E-state index contributed by atoms with van der Waals surface area (Å²) in [5.41, 5.74) is 2.25. The maximum Gasteiger partial charge on any atom is 0.147 e. The molecule has 2 aromatic carbocycles. The summed E-state index contributed by atoms with van der Waals surface area (Å²) in [6, 6.07) is 13.1. The lowest BCUT2D eigenvalue weighted by Crippen LogP contribution is -2.36. The monoisotopic (exact) mass is 410 g/mol. The first-order valence-electron chi connectivity index (χ1n) is 7.14. The number of ether oxygens (including phenoxy) is 1. The van der Waals surface area contributed by atoms with Gasteiger partial charge in [0.05, 0.1) is 24.6 Å². The summed E-state index contributed by atoms with van der Waals surface area (Å²) in [5.74, 6) is -0.214. The van der Waals surface area contributed by atoms with Gasteiger partial charge in [0.1, 0.15) is 5.82 Å². The van der Waals surface area contributed by atoms with Crippen molar-refractivity contribution in [3.05, 3.63) is 57.4 Å². The first-order chi connectivity index (χ1) is 10.7. The predicted octanol–water partition coefficient (Wildman–Crippen LogP) is 4.02. The minimum absolute atomic E-state index is 0.214. The van der Waals surface area contributed by atoms with E-state index in [2.05, 4.69) is 27.6 Å². The van der Waals surface area contributed by atoms with Gasteiger partial charge in [0, 0.05) is 22.9 Å². The number of anilines is 1. The van der Waals surface area contributed by atoms with Gasteiger partial charge in [0.25, 0.3) is 0 Å². The number of rotatable bonds is 3. The van der Waals surface area contributed by atoms with Crippen LogP contribution in [0.2, 0.25) is 0 Å². The van der Waals surface area contributed by atoms with E-state index in [4.69, 9.17) is 4.74 Å². The van der Waals surface area contributed by atoms with Gasteiger partial charge in [-0.2, -0.15) is 0 Å². The molecule has 0 amide bonds. The Bertz CT molecular complexity index is 667. The average Bonchev–Trinajstić information content (AvgIpc) is 2.55. The van der Waals surface area contributed by atoms with Crippen molar-refractivity contribution in [1.29, 1.82) is 0 Å². The molecular weight excluding hydrogens is 394 g/mol. The van der Waals surface area contributed by atoms with E-state index in [1.807, 2.05) is 41.3 Å². The van der Waals surface area contributed by atoms with Crippen molar-refractivity contribution < 1.29 is 9.13 Å². The van der Waals surface area contributed by atoms with E-state index in [1.165, 1.54) is 6.07 Å². The number of morpholine rings is 1. The van der Waals surface area contributed by atoms with Crippen molar-refractivity contribution in [2.75, 3.05) is 31.2 Å². The molecule has 1 aliphatic rings. The largest absolute Gasteiger partial charge is 0.378 e. The van der Waals surface area contributed by atoms with Crippen molar-refractivity contribution in [2.24, 2.45) is 4.99 Å². The molecule has 0 radical (unpaired) electrons. The van der Waals surface area contributed by atoms with Crippen LogP contribution < -0.4 is 4.90 Å². The Morgan fingerprint density at radius 3 is 2.50 bits per heavy atom. The van der Waals surface area contributed by atoms with Gasteiger partial charge < -0.3 is 9.64 Å². The maximum absolute atomic E-state index is 14.3. The Hall–Kier alpha value is -1.47. The number of aliphatic imine (C=N–C) groups is 1. The van der Waals surface area contributed by atoms with Gasteiger partial charge in [-0.25, -0.2) is 4.39 Å². The fraction of sp³-hybridized carbons (Fsp3) is 0.235. The molecule has 0 N–H and O–H groups in total. The first kappa shape index (κ1) is 15.4. The number of halogens is 2. The van der Waals surface area contributed by atoms with Crippen molar-refractivity contribution in [1.82, 2.24) is 0 Å². The third kappa shape index (κ3) is 3.84. The number of hydrogen-bond donors (Lipinski definition) is 0. The zero-order chi connectivity index (χ0) is 15.4. The lowest BCUT2D eigenvalue weighted by Gasteiger charge is -2.29. The zero-order valence-electron chi connectivity index (χ0n) is 12.0. The second-order valence-corrected chi connectivity index (χ2v) is 6.29. The van der Waals surface area contributed by atoms with Gasteiger partial charge in [-0.15, -0.1) is 0 Å². The molecule has 114 valence electrons. The molecule has 1 aliphatic heterocycles. The molecule has 0 spiro atoms. The Kier molecular flexibility index (Phi) is 5.04. The zero-order valence-corrected chi connectivity index (χ0v) is 14.2. The van der Waals surface area contributed by atoms with E-state index in [0.29, 0.717) is 18.9 Å². The van der Waals surface area contributed by atoms with Crippen molar-refractivity contribution in [2.45, 2.75) is 0 Å². The highest BCUT2D eigenvalue weighted by atomic mass is 127. The van der Waals surface area contributed by atoms with Crippen LogP contribution in [-0.4, -0.2) is 32.5 Å². The van der Waals surface area contributed by atoms with Crippen LogP contribution in [0.25, 0.3) is 0 Å². The van der Waals surface area contributed by atoms with Gasteiger partial charge in [-0.1, -0.05) is 6.07 Å². The third-order valence-corrected chi connectivity index (χ3v) is 4.23. The van der Waals surface area contributed by atoms with Crippen molar-refractivity contribution in [3.8, 4) is 0 Å². The Morgan fingerprint density at radius 1 is 1.09 bits per heavy atom. The molecule has 3 rings (SSSR count). The molecule has 1 fully saturated rings. The minimum Gasteiger partial charge on any atom is -0.378 e. The van der Waals surface area contributed by atoms with Gasteiger partial charge in [-0.05, 0) is 64.6 Å². The second-order valence-electron chi connectivity index (χ2n) is 5.04. The maximum atomic E-state index is 14.3. The van der Waals surface area contributed by atoms with Crippen molar-refractivity contribution >= 4 is 40.2 Å². The highest BCUT2D eigenvalue weighted by Crippen LogP contribution is 2.21. The molecule has 2 aromatic rings. The Balaban J connectivity index is 1.75. The molecule has 0 aliphatic carbocycles. The molecule has 1 saturated heterocycles. The fourth-order valence-corrected chi connectivity index (χ4v) is 2.70. The smallest absolute Gasteiger partial charge is 0.147 e. The van der Waals surface area contributed by atoms with Gasteiger partial charge in [-0.3, -0.25) is 4.99 Å². The van der Waals surface area contributed by atoms with Gasteiger partial charge in [0.15, 0.2) is 0 Å². The van der Waals surface area contributed by atoms with Gasteiger partial charge >= 0.3 is 0 Å². The lowest BCUT2D eigenvalue weighted by molar-refractivity contribution is 0.122. The number of hydrogen-bond acceptors (Lipinski definition) is 3. The summed E-state index contributed by atoms with van der Waals surface area (Å²) in [5, 5.41) is 0. The summed E-state index contributed by atoms with van der Waals surface area (Å²) in [7, 11) is 0. The van der Waals surface area contributed by atoms with Crippen LogP contribution in [-0.2, 0) is 4.74 Å². The van der Waals surface area contributed by atoms with Crippen LogP contribution in [0.15, 0.2) is 47.5 Å². The molecule has 0 atom stereocenters. The summed E-state index contributed by atoms with van der Waals surface area (Å²) in [6.45, 7) is 2.75. The molecule has 1 heterocycles. The normalized spacial score (nSPS) is 15.5. The predicted molar refractivity (Wildman–Crippen MR) is 95.8 cm³/mol. The lowest BCUT2D eigenvalue weighted by atomic mass is 10.2. The molecule has 5 heteroatoms. The van der Waals surface area contributed by atoms with Crippen LogP contribution in [0, 0.1) is 9.39 Å². The van der Waals surface area contributed by atoms with E-state index < -0.39 is 0 Å². The standard InChI is InChI=1S/C17H16FIN2O/c18-16-11-13(12-20-15-4-2-14(19)3-5-15)1-6-17(16)21-7-9-22-10-8-21/h1-6,11-12H,7-10H2. The molecular formula is C17H16FIN2O. The van der Waals surface area contributed by atoms with Crippen LogP contribution in [0.5, 0.6) is 0 Å². The van der Waals surface area contributed by atoms with E-state index in [9.17, 15) is 4.39 Å². The topological polar surface area (TPSA) is 24.8 Å². The Morgan fingerprint density at radius 2 is 1.82 bits per heavy atom. The second kappa shape index (κ2) is 7.19. The molecule has 0 saturated carbocycles. The molecule has 0 aromatic heterocycles. The number of benzene rings is 2.